The van der Waals surface area contributed by atoms with Gasteiger partial charge in [-0.15, -0.1) is 0 Å². The lowest BCUT2D eigenvalue weighted by molar-refractivity contribution is -0.136. The third-order valence-corrected chi connectivity index (χ3v) is 13.2. The van der Waals surface area contributed by atoms with Crippen LogP contribution in [0.15, 0.2) is 59.1 Å². The number of aromatic amines is 1. The molecule has 5 heterocycles. The number of carbonyl (C=O) groups excluding carboxylic acids is 4. The smallest absolute Gasteiger partial charge is 0.407 e. The number of hydrogen-bond donors (Lipinski definition) is 3. The summed E-state index contributed by atoms with van der Waals surface area (Å²) in [6, 6.07) is 14.9. The van der Waals surface area contributed by atoms with Gasteiger partial charge in [0.25, 0.3) is 0 Å². The molecule has 2 bridgehead atoms. The minimum absolute atomic E-state index is 0.0859. The van der Waals surface area contributed by atoms with Crippen LogP contribution in [0.2, 0.25) is 0 Å². The predicted octanol–water partition coefficient (Wildman–Crippen LogP) is 8.51. The molecule has 4 atom stereocenters. The Labute approximate surface area is 357 Å². The van der Waals surface area contributed by atoms with Crippen molar-refractivity contribution in [2.45, 2.75) is 121 Å². The van der Waals surface area contributed by atoms with E-state index < -0.39 is 24.3 Å². The van der Waals surface area contributed by atoms with Crippen molar-refractivity contribution in [3.8, 4) is 33.6 Å². The highest BCUT2D eigenvalue weighted by Gasteiger charge is 2.55. The number of carbonyl (C=O) groups is 4. The van der Waals surface area contributed by atoms with E-state index in [1.54, 1.807) is 0 Å². The zero-order chi connectivity index (χ0) is 42.7. The third-order valence-electron chi connectivity index (χ3n) is 13.2. The van der Waals surface area contributed by atoms with E-state index in [9.17, 15) is 19.2 Å². The summed E-state index contributed by atoms with van der Waals surface area (Å²) in [5, 5.41) is 5.54. The lowest BCUT2D eigenvalue weighted by Gasteiger charge is -2.30. The van der Waals surface area contributed by atoms with E-state index in [1.807, 2.05) is 29.8 Å². The molecule has 61 heavy (non-hydrogen) atoms. The number of benzene rings is 2. The first-order chi connectivity index (χ1) is 29.6. The first kappa shape index (κ1) is 42.0. The van der Waals surface area contributed by atoms with Crippen molar-refractivity contribution in [3.63, 3.8) is 0 Å². The number of ether oxygens (including phenoxy) is 2. The molecular weight excluding hydrogens is 775 g/mol. The summed E-state index contributed by atoms with van der Waals surface area (Å²) in [4.78, 5) is 69.2. The molecule has 8 rings (SSSR count). The summed E-state index contributed by atoms with van der Waals surface area (Å²) >= 11 is 0. The zero-order valence-corrected chi connectivity index (χ0v) is 35.8. The molecule has 1 saturated carbocycles. The maximum atomic E-state index is 14.2. The average Bonchev–Trinajstić information content (AvgIpc) is 3.76. The van der Waals surface area contributed by atoms with E-state index in [1.165, 1.54) is 14.2 Å². The first-order valence-electron chi connectivity index (χ1n) is 22.1. The second kappa shape index (κ2) is 18.1. The van der Waals surface area contributed by atoms with E-state index in [0.717, 1.165) is 122 Å². The summed E-state index contributed by atoms with van der Waals surface area (Å²) in [5.41, 5.74) is 5.86. The van der Waals surface area contributed by atoms with Crippen LogP contribution < -0.4 is 10.6 Å². The van der Waals surface area contributed by atoms with Crippen molar-refractivity contribution < 1.29 is 33.1 Å². The van der Waals surface area contributed by atoms with Crippen molar-refractivity contribution in [2.75, 3.05) is 27.3 Å². The maximum absolute atomic E-state index is 14.2. The van der Waals surface area contributed by atoms with Crippen molar-refractivity contribution in [3.05, 3.63) is 72.2 Å². The van der Waals surface area contributed by atoms with Crippen molar-refractivity contribution >= 4 is 24.0 Å². The predicted molar refractivity (Wildman–Crippen MR) is 229 cm³/mol. The van der Waals surface area contributed by atoms with Crippen LogP contribution in [0.1, 0.15) is 120 Å². The molecule has 14 nitrogen and oxygen atoms in total. The molecule has 0 radical (unpaired) electrons. The van der Waals surface area contributed by atoms with E-state index >= 15 is 0 Å². The van der Waals surface area contributed by atoms with Crippen LogP contribution in [0.25, 0.3) is 33.6 Å². The van der Waals surface area contributed by atoms with E-state index in [2.05, 4.69) is 64.1 Å². The van der Waals surface area contributed by atoms with Gasteiger partial charge in [0.15, 0.2) is 0 Å². The Morgan fingerprint density at radius 1 is 0.836 bits per heavy atom. The van der Waals surface area contributed by atoms with Crippen LogP contribution in [0, 0.1) is 11.3 Å². The van der Waals surface area contributed by atoms with Crippen LogP contribution in [-0.4, -0.2) is 88.1 Å². The molecule has 1 aliphatic carbocycles. The molecule has 324 valence electrons. The molecule has 3 fully saturated rings. The van der Waals surface area contributed by atoms with Gasteiger partial charge in [0.05, 0.1) is 32.2 Å². The number of likely N-dealkylation sites (tertiary alicyclic amines) is 1. The Morgan fingerprint density at radius 2 is 1.49 bits per heavy atom. The number of nitrogens with zero attached hydrogens (tertiary/aromatic N) is 4. The van der Waals surface area contributed by atoms with Gasteiger partial charge in [-0.1, -0.05) is 94.5 Å². The van der Waals surface area contributed by atoms with Crippen LogP contribution in [0.3, 0.4) is 0 Å². The third kappa shape index (κ3) is 9.18. The van der Waals surface area contributed by atoms with Crippen LogP contribution in [-0.2, 0) is 25.5 Å². The molecule has 1 spiro atoms. The number of H-pyrrole nitrogens is 1. The first-order valence-corrected chi connectivity index (χ1v) is 22.1. The number of imidazole rings is 1. The quantitative estimate of drug-likeness (QED) is 0.157. The molecule has 4 amide bonds. The number of rotatable bonds is 8. The van der Waals surface area contributed by atoms with Crippen molar-refractivity contribution in [1.29, 1.82) is 0 Å². The van der Waals surface area contributed by atoms with Crippen molar-refractivity contribution in [1.82, 2.24) is 35.4 Å². The normalized spacial score (nSPS) is 22.0. The maximum Gasteiger partial charge on any atom is 0.407 e. The Bertz CT molecular complexity index is 2190. The van der Waals surface area contributed by atoms with Gasteiger partial charge >= 0.3 is 12.2 Å². The summed E-state index contributed by atoms with van der Waals surface area (Å²) in [5.74, 6) is 1.84. The topological polar surface area (TPSA) is 172 Å². The molecular formula is C47H59N7O7. The number of oxazole rings is 1. The van der Waals surface area contributed by atoms with Gasteiger partial charge in [-0.25, -0.2) is 19.6 Å². The molecule has 4 aliphatic rings. The molecule has 3 aliphatic heterocycles. The standard InChI is InChI=1S/C47H59N7O7/c1-29(2)39(52-46(58)60-4)44(56)53-25-11-13-36(53)41-48-27-35(49-41)32-19-15-30(16-20-32)31-17-21-33(22-18-31)40-38-14-10-8-6-5-7-9-12-34(50-45(57)59-3)43(55)54-28-47(23-24-47)26-37(54)42(51-40)61-38/h15-22,27,29,34,36-37,39H,5-14,23-26,28H2,1-4H3,(H,48,49)(H,50,57)(H,52,58)/t34-,36+,37-,39-/m0/s1. The van der Waals surface area contributed by atoms with E-state index in [4.69, 9.17) is 23.9 Å². The van der Waals surface area contributed by atoms with Gasteiger partial charge in [0.1, 0.15) is 35.4 Å². The second-order valence-electron chi connectivity index (χ2n) is 17.7. The monoisotopic (exact) mass is 833 g/mol. The van der Waals surface area contributed by atoms with Crippen LogP contribution >= 0.6 is 0 Å². The van der Waals surface area contributed by atoms with Crippen molar-refractivity contribution in [2.24, 2.45) is 11.3 Å². The van der Waals surface area contributed by atoms with E-state index in [-0.39, 0.29) is 35.2 Å². The van der Waals surface area contributed by atoms with Crippen LogP contribution in [0.4, 0.5) is 9.59 Å². The van der Waals surface area contributed by atoms with Crippen LogP contribution in [0.5, 0.6) is 0 Å². The van der Waals surface area contributed by atoms with Gasteiger partial charge in [-0.2, -0.15) is 0 Å². The number of amides is 4. The highest BCUT2D eigenvalue weighted by Crippen LogP contribution is 2.59. The second-order valence-corrected chi connectivity index (χ2v) is 17.7. The number of aromatic nitrogens is 3. The molecule has 2 aromatic carbocycles. The minimum Gasteiger partial charge on any atom is -0.453 e. The fourth-order valence-corrected chi connectivity index (χ4v) is 9.46. The van der Waals surface area contributed by atoms with Gasteiger partial charge in [0.2, 0.25) is 17.7 Å². The highest BCUT2D eigenvalue weighted by molar-refractivity contribution is 5.87. The number of aryl methyl sites for hydroxylation is 1. The van der Waals surface area contributed by atoms with Gasteiger partial charge in [-0.05, 0) is 73.0 Å². The summed E-state index contributed by atoms with van der Waals surface area (Å²) < 4.78 is 16.3. The Morgan fingerprint density at radius 3 is 2.16 bits per heavy atom. The Balaban J connectivity index is 0.990. The van der Waals surface area contributed by atoms with Gasteiger partial charge < -0.3 is 39.3 Å². The molecule has 0 unspecified atom stereocenters. The minimum atomic E-state index is -0.690. The summed E-state index contributed by atoms with van der Waals surface area (Å²) in [6.07, 6.45) is 12.7. The number of hydrogen-bond acceptors (Lipinski definition) is 9. The molecule has 14 heteroatoms. The number of fused-ring (bicyclic) bond motifs is 4. The van der Waals surface area contributed by atoms with Gasteiger partial charge in [-0.3, -0.25) is 9.59 Å². The Hall–Kier alpha value is -5.66. The largest absolute Gasteiger partial charge is 0.453 e. The number of methoxy groups -OCH3 is 2. The molecule has 2 saturated heterocycles. The SMILES string of the molecule is COC(=O)N[C@H]1CCCCCCCCc2oc(nc2-c2ccc(-c3ccc(-c4cnc([C@H]5CCCN5C(=O)[C@@H](NC(=O)OC)C(C)C)[nH]4)cc3)cc2)[C@@H]2CC3(CC3)CN2C1=O. The summed E-state index contributed by atoms with van der Waals surface area (Å²) in [6.45, 7) is 5.05. The van der Waals surface area contributed by atoms with Gasteiger partial charge in [0, 0.05) is 25.1 Å². The fraction of sp³-hybridized carbons (Fsp3) is 0.532. The number of nitrogens with one attached hydrogen (secondary N) is 3. The van der Waals surface area contributed by atoms with E-state index in [0.29, 0.717) is 25.4 Å². The summed E-state index contributed by atoms with van der Waals surface area (Å²) in [7, 11) is 2.62. The molecule has 3 N–H and O–H groups in total. The molecule has 4 aromatic rings. The Kier molecular flexibility index (Phi) is 12.5. The average molecular weight is 834 g/mol. The zero-order valence-electron chi connectivity index (χ0n) is 35.8. The number of alkyl carbamates (subject to hydrolysis) is 2. The fourth-order valence-electron chi connectivity index (χ4n) is 9.46. The lowest BCUT2D eigenvalue weighted by Crippen LogP contribution is -2.51. The highest BCUT2D eigenvalue weighted by atomic mass is 16.5. The lowest BCUT2D eigenvalue weighted by atomic mass is 9.99. The molecule has 2 aromatic heterocycles.